The molecule has 104 valence electrons. The van der Waals surface area contributed by atoms with Crippen molar-refractivity contribution in [3.63, 3.8) is 0 Å². The van der Waals surface area contributed by atoms with Crippen molar-refractivity contribution in [1.29, 1.82) is 0 Å². The molecule has 1 aromatic rings. The molecule has 2 aliphatic rings. The maximum absolute atomic E-state index is 9.09. The summed E-state index contributed by atoms with van der Waals surface area (Å²) in [4.78, 5) is 0. The van der Waals surface area contributed by atoms with Gasteiger partial charge in [-0.2, -0.15) is 5.10 Å². The lowest BCUT2D eigenvalue weighted by Gasteiger charge is -2.18. The van der Waals surface area contributed by atoms with Crippen molar-refractivity contribution in [2.75, 3.05) is 19.0 Å². The Bertz CT molecular complexity index is 610. The molecule has 3 rings (SSSR count). The van der Waals surface area contributed by atoms with E-state index in [1.165, 1.54) is 11.8 Å². The molecule has 0 bridgehead atoms. The van der Waals surface area contributed by atoms with Gasteiger partial charge in [-0.3, -0.25) is 0 Å². The van der Waals surface area contributed by atoms with E-state index in [9.17, 15) is 0 Å². The molecule has 20 heavy (non-hydrogen) atoms. The summed E-state index contributed by atoms with van der Waals surface area (Å²) in [5.41, 5.74) is 1.88. The van der Waals surface area contributed by atoms with E-state index < -0.39 is 0 Å². The molecule has 0 fully saturated rings. The first kappa shape index (κ1) is 13.1. The van der Waals surface area contributed by atoms with E-state index in [0.29, 0.717) is 25.4 Å². The Morgan fingerprint density at radius 1 is 1.25 bits per heavy atom. The summed E-state index contributed by atoms with van der Waals surface area (Å²) in [6.07, 6.45) is 0.664. The van der Waals surface area contributed by atoms with E-state index in [1.807, 2.05) is 18.2 Å². The van der Waals surface area contributed by atoms with Crippen LogP contribution in [0.5, 0.6) is 11.5 Å². The molecule has 0 unspecified atom stereocenters. The summed E-state index contributed by atoms with van der Waals surface area (Å²) < 4.78 is 11.1. The Hall–Kier alpha value is -1.95. The fourth-order valence-electron chi connectivity index (χ4n) is 1.96. The molecule has 0 atom stereocenters. The number of aliphatic hydroxyl groups excluding tert-OH is 1. The molecule has 5 nitrogen and oxygen atoms in total. The molecule has 0 aliphatic carbocycles. The highest BCUT2D eigenvalue weighted by molar-refractivity contribution is 8.14. The van der Waals surface area contributed by atoms with Crippen molar-refractivity contribution < 1.29 is 14.6 Å². The first-order valence-corrected chi connectivity index (χ1v) is 7.24. The fraction of sp³-hybridized carbons (Fsp3) is 0.286. The molecule has 0 amide bonds. The van der Waals surface area contributed by atoms with Gasteiger partial charge >= 0.3 is 0 Å². The Balaban J connectivity index is 1.68. The van der Waals surface area contributed by atoms with Gasteiger partial charge in [-0.05, 0) is 18.2 Å². The van der Waals surface area contributed by atoms with E-state index in [2.05, 4.69) is 16.8 Å². The standard InChI is InChI=1S/C14H14N2O3S/c1-9(17)8-20-14-7-11(15-16-14)10-2-3-12-13(6-10)19-5-4-18-12/h2-3,6,17H,1,4-5,7-8H2. The van der Waals surface area contributed by atoms with Crippen LogP contribution in [0.1, 0.15) is 12.0 Å². The van der Waals surface area contributed by atoms with Crippen LogP contribution in [-0.2, 0) is 0 Å². The summed E-state index contributed by atoms with van der Waals surface area (Å²) in [5, 5.41) is 18.3. The van der Waals surface area contributed by atoms with Crippen LogP contribution in [0.4, 0.5) is 0 Å². The second kappa shape index (κ2) is 5.58. The molecule has 1 N–H and O–H groups in total. The minimum atomic E-state index is 0.144. The number of ether oxygens (including phenoxy) is 2. The lowest BCUT2D eigenvalue weighted by atomic mass is 10.1. The van der Waals surface area contributed by atoms with Crippen LogP contribution >= 0.6 is 11.8 Å². The second-order valence-electron chi connectivity index (χ2n) is 4.43. The Kier molecular flexibility index (Phi) is 3.64. The zero-order valence-corrected chi connectivity index (χ0v) is 11.7. The predicted octanol–water partition coefficient (Wildman–Crippen LogP) is 2.77. The number of thioether (sulfide) groups is 1. The van der Waals surface area contributed by atoms with E-state index in [4.69, 9.17) is 14.6 Å². The van der Waals surface area contributed by atoms with Gasteiger partial charge in [0, 0.05) is 12.0 Å². The smallest absolute Gasteiger partial charge is 0.162 e. The van der Waals surface area contributed by atoms with Gasteiger partial charge in [-0.25, -0.2) is 0 Å². The van der Waals surface area contributed by atoms with Gasteiger partial charge in [0.25, 0.3) is 0 Å². The quantitative estimate of drug-likeness (QED) is 0.869. The number of benzene rings is 1. The van der Waals surface area contributed by atoms with Gasteiger partial charge in [0.15, 0.2) is 11.5 Å². The van der Waals surface area contributed by atoms with Gasteiger partial charge in [0.2, 0.25) is 0 Å². The highest BCUT2D eigenvalue weighted by Crippen LogP contribution is 2.32. The summed E-state index contributed by atoms with van der Waals surface area (Å²) >= 11 is 1.45. The summed E-state index contributed by atoms with van der Waals surface area (Å²) in [5.74, 6) is 2.11. The van der Waals surface area contributed by atoms with Crippen LogP contribution in [0.25, 0.3) is 0 Å². The van der Waals surface area contributed by atoms with Crippen molar-refractivity contribution >= 4 is 22.5 Å². The normalized spacial score (nSPS) is 16.6. The SMILES string of the molecule is C=C(O)CSC1=NN=C(c2ccc3c(c2)OCCO3)C1. The Labute approximate surface area is 121 Å². The largest absolute Gasteiger partial charge is 0.512 e. The third-order valence-electron chi connectivity index (χ3n) is 2.88. The summed E-state index contributed by atoms with van der Waals surface area (Å²) in [6.45, 7) is 4.61. The zero-order chi connectivity index (χ0) is 13.9. The minimum absolute atomic E-state index is 0.144. The molecule has 1 aromatic carbocycles. The molecule has 6 heteroatoms. The molecule has 0 spiro atoms. The van der Waals surface area contributed by atoms with E-state index >= 15 is 0 Å². The number of hydrogen-bond donors (Lipinski definition) is 1. The van der Waals surface area contributed by atoms with Gasteiger partial charge in [-0.1, -0.05) is 6.58 Å². The van der Waals surface area contributed by atoms with Crippen molar-refractivity contribution in [3.05, 3.63) is 36.1 Å². The second-order valence-corrected chi connectivity index (χ2v) is 5.48. The topological polar surface area (TPSA) is 63.4 Å². The van der Waals surface area contributed by atoms with Gasteiger partial charge in [-0.15, -0.1) is 16.9 Å². The average Bonchev–Trinajstić information content (AvgIpc) is 2.93. The number of rotatable bonds is 3. The first-order chi connectivity index (χ1) is 9.72. The molecular weight excluding hydrogens is 276 g/mol. The highest BCUT2D eigenvalue weighted by atomic mass is 32.2. The van der Waals surface area contributed by atoms with Crippen LogP contribution in [0.15, 0.2) is 40.7 Å². The number of fused-ring (bicyclic) bond motifs is 1. The molecule has 0 saturated heterocycles. The van der Waals surface area contributed by atoms with Crippen LogP contribution in [-0.4, -0.2) is 34.8 Å². The zero-order valence-electron chi connectivity index (χ0n) is 10.8. The third kappa shape index (κ3) is 2.80. The molecule has 0 saturated carbocycles. The number of nitrogens with zero attached hydrogens (tertiary/aromatic N) is 2. The number of hydrogen-bond acceptors (Lipinski definition) is 6. The first-order valence-electron chi connectivity index (χ1n) is 6.25. The van der Waals surface area contributed by atoms with E-state index in [0.717, 1.165) is 27.8 Å². The predicted molar refractivity (Wildman–Crippen MR) is 80.2 cm³/mol. The fourth-order valence-corrected chi connectivity index (χ4v) is 2.63. The Morgan fingerprint density at radius 3 is 2.85 bits per heavy atom. The summed E-state index contributed by atoms with van der Waals surface area (Å²) in [6, 6.07) is 5.79. The average molecular weight is 290 g/mol. The van der Waals surface area contributed by atoms with Crippen LogP contribution in [0, 0.1) is 0 Å². The maximum atomic E-state index is 9.09. The van der Waals surface area contributed by atoms with Crippen LogP contribution < -0.4 is 9.47 Å². The molecule has 2 aliphatic heterocycles. The Morgan fingerprint density at radius 2 is 2.05 bits per heavy atom. The molecule has 0 radical (unpaired) electrons. The molecule has 2 heterocycles. The number of aliphatic hydroxyl groups is 1. The summed E-state index contributed by atoms with van der Waals surface area (Å²) in [7, 11) is 0. The lowest BCUT2D eigenvalue weighted by Crippen LogP contribution is -2.15. The van der Waals surface area contributed by atoms with Crippen LogP contribution in [0.2, 0.25) is 0 Å². The van der Waals surface area contributed by atoms with Gasteiger partial charge in [0.05, 0.1) is 17.2 Å². The monoisotopic (exact) mass is 290 g/mol. The van der Waals surface area contributed by atoms with Crippen molar-refractivity contribution in [2.24, 2.45) is 10.2 Å². The van der Waals surface area contributed by atoms with Crippen molar-refractivity contribution in [2.45, 2.75) is 6.42 Å². The van der Waals surface area contributed by atoms with Crippen LogP contribution in [0.3, 0.4) is 0 Å². The maximum Gasteiger partial charge on any atom is 0.162 e. The van der Waals surface area contributed by atoms with E-state index in [1.54, 1.807) is 0 Å². The highest BCUT2D eigenvalue weighted by Gasteiger charge is 2.18. The lowest BCUT2D eigenvalue weighted by molar-refractivity contribution is 0.171. The minimum Gasteiger partial charge on any atom is -0.512 e. The molecular formula is C14H14N2O3S. The van der Waals surface area contributed by atoms with Gasteiger partial charge < -0.3 is 14.6 Å². The molecule has 0 aromatic heterocycles. The van der Waals surface area contributed by atoms with Crippen molar-refractivity contribution in [3.8, 4) is 11.5 Å². The van der Waals surface area contributed by atoms with E-state index in [-0.39, 0.29) is 5.76 Å². The third-order valence-corrected chi connectivity index (χ3v) is 3.92. The van der Waals surface area contributed by atoms with Gasteiger partial charge in [0.1, 0.15) is 18.3 Å². The van der Waals surface area contributed by atoms with Crippen molar-refractivity contribution in [1.82, 2.24) is 0 Å².